The van der Waals surface area contributed by atoms with Crippen LogP contribution in [0.5, 0.6) is 5.75 Å². The molecular formula is C27H20ClNO5. The number of furan rings is 1. The molecule has 1 N–H and O–H groups in total. The fourth-order valence-corrected chi connectivity index (χ4v) is 4.42. The highest BCUT2D eigenvalue weighted by molar-refractivity contribution is 6.31. The number of aryl methyl sites for hydroxylation is 1. The number of rotatable bonds is 5. The van der Waals surface area contributed by atoms with Gasteiger partial charge in [0.2, 0.25) is 5.78 Å². The van der Waals surface area contributed by atoms with Crippen molar-refractivity contribution in [1.29, 1.82) is 0 Å². The fraction of sp³-hybridized carbons (Fsp3) is 0.111. The largest absolute Gasteiger partial charge is 0.503 e. The van der Waals surface area contributed by atoms with Gasteiger partial charge in [-0.15, -0.1) is 0 Å². The Morgan fingerprint density at radius 3 is 2.53 bits per heavy atom. The van der Waals surface area contributed by atoms with Gasteiger partial charge in [-0.3, -0.25) is 14.5 Å². The van der Waals surface area contributed by atoms with E-state index >= 15 is 0 Å². The second kappa shape index (κ2) is 8.39. The molecule has 6 nitrogen and oxygen atoms in total. The number of Topliss-reactive ketones (excluding diaryl/α,β-unsaturated/α-hetero) is 1. The zero-order valence-corrected chi connectivity index (χ0v) is 19.2. The average Bonchev–Trinajstić information content (AvgIpc) is 3.39. The number of carbonyl (C=O) groups is 2. The van der Waals surface area contributed by atoms with Crippen molar-refractivity contribution in [3.8, 4) is 5.75 Å². The van der Waals surface area contributed by atoms with E-state index in [0.29, 0.717) is 27.6 Å². The lowest BCUT2D eigenvalue weighted by Gasteiger charge is -2.28. The van der Waals surface area contributed by atoms with Gasteiger partial charge in [-0.25, -0.2) is 0 Å². The summed E-state index contributed by atoms with van der Waals surface area (Å²) >= 11 is 6.35. The maximum atomic E-state index is 13.7. The standard InChI is InChI=1S/C27H20ClNO5/c1-15-11-12-17(14-19(15)28)29-24(18-8-4-6-10-21(18)33-2)23(26(31)27(29)32)25(30)22-13-16-7-3-5-9-20(16)34-22/h3-14,24,31H,1-2H3. The van der Waals surface area contributed by atoms with Crippen molar-refractivity contribution in [3.05, 3.63) is 106 Å². The highest BCUT2D eigenvalue weighted by Gasteiger charge is 2.46. The molecule has 1 aromatic heterocycles. The normalized spacial score (nSPS) is 15.9. The highest BCUT2D eigenvalue weighted by Crippen LogP contribution is 2.45. The van der Waals surface area contributed by atoms with Gasteiger partial charge in [0.25, 0.3) is 5.91 Å². The van der Waals surface area contributed by atoms with Crippen LogP contribution in [0.4, 0.5) is 5.69 Å². The van der Waals surface area contributed by atoms with Crippen molar-refractivity contribution in [2.45, 2.75) is 13.0 Å². The lowest BCUT2D eigenvalue weighted by molar-refractivity contribution is -0.117. The summed E-state index contributed by atoms with van der Waals surface area (Å²) in [6, 6.07) is 20.1. The van der Waals surface area contributed by atoms with Crippen LogP contribution in [0.1, 0.15) is 27.7 Å². The summed E-state index contributed by atoms with van der Waals surface area (Å²) in [5.74, 6) is -1.45. The molecule has 3 aromatic carbocycles. The second-order valence-corrected chi connectivity index (χ2v) is 8.40. The van der Waals surface area contributed by atoms with Crippen molar-refractivity contribution < 1.29 is 23.8 Å². The number of anilines is 1. The van der Waals surface area contributed by atoms with E-state index < -0.39 is 23.5 Å². The maximum Gasteiger partial charge on any atom is 0.294 e. The summed E-state index contributed by atoms with van der Waals surface area (Å²) in [4.78, 5) is 28.4. The van der Waals surface area contributed by atoms with Crippen LogP contribution in [0, 0.1) is 6.92 Å². The Labute approximate surface area is 200 Å². The quantitative estimate of drug-likeness (QED) is 0.350. The number of aliphatic hydroxyl groups excluding tert-OH is 1. The van der Waals surface area contributed by atoms with Gasteiger partial charge >= 0.3 is 0 Å². The predicted molar refractivity (Wildman–Crippen MR) is 130 cm³/mol. The van der Waals surface area contributed by atoms with E-state index in [4.69, 9.17) is 20.8 Å². The molecule has 170 valence electrons. The SMILES string of the molecule is COc1ccccc1C1C(C(=O)c2cc3ccccc3o2)=C(O)C(=O)N1c1ccc(C)c(Cl)c1. The average molecular weight is 474 g/mol. The molecule has 1 aliphatic heterocycles. The first-order valence-electron chi connectivity index (χ1n) is 10.6. The minimum Gasteiger partial charge on any atom is -0.503 e. The van der Waals surface area contributed by atoms with Crippen molar-refractivity contribution in [2.24, 2.45) is 0 Å². The monoisotopic (exact) mass is 473 g/mol. The molecule has 0 saturated heterocycles. The molecule has 2 heterocycles. The fourth-order valence-electron chi connectivity index (χ4n) is 4.25. The van der Waals surface area contributed by atoms with Crippen molar-refractivity contribution in [1.82, 2.24) is 0 Å². The Morgan fingerprint density at radius 2 is 1.79 bits per heavy atom. The molecule has 0 saturated carbocycles. The van der Waals surface area contributed by atoms with Crippen molar-refractivity contribution >= 4 is 39.9 Å². The Balaban J connectivity index is 1.70. The number of halogens is 1. The van der Waals surface area contributed by atoms with Gasteiger partial charge in [-0.05, 0) is 42.8 Å². The number of aliphatic hydroxyl groups is 1. The topological polar surface area (TPSA) is 80.0 Å². The summed E-state index contributed by atoms with van der Waals surface area (Å²) < 4.78 is 11.3. The summed E-state index contributed by atoms with van der Waals surface area (Å²) in [5.41, 5.74) is 2.26. The predicted octanol–water partition coefficient (Wildman–Crippen LogP) is 6.19. The van der Waals surface area contributed by atoms with E-state index in [9.17, 15) is 14.7 Å². The first kappa shape index (κ1) is 21.8. The van der Waals surface area contributed by atoms with Crippen LogP contribution < -0.4 is 9.64 Å². The van der Waals surface area contributed by atoms with Crippen LogP contribution in [0.15, 0.2) is 88.5 Å². The Hall–Kier alpha value is -4.03. The Kier molecular flexibility index (Phi) is 5.38. The molecule has 0 radical (unpaired) electrons. The van der Waals surface area contributed by atoms with Gasteiger partial charge < -0.3 is 14.3 Å². The van der Waals surface area contributed by atoms with Crippen LogP contribution in [-0.2, 0) is 4.79 Å². The van der Waals surface area contributed by atoms with Gasteiger partial charge in [0.1, 0.15) is 11.3 Å². The molecule has 0 bridgehead atoms. The molecule has 1 atom stereocenters. The third kappa shape index (κ3) is 3.43. The van der Waals surface area contributed by atoms with E-state index in [1.54, 1.807) is 60.7 Å². The lowest BCUT2D eigenvalue weighted by Crippen LogP contribution is -2.31. The minimum absolute atomic E-state index is 0.0271. The number of ketones is 1. The smallest absolute Gasteiger partial charge is 0.294 e. The molecule has 1 unspecified atom stereocenters. The third-order valence-corrected chi connectivity index (χ3v) is 6.38. The van der Waals surface area contributed by atoms with Crippen LogP contribution in [0.2, 0.25) is 5.02 Å². The van der Waals surface area contributed by atoms with Crippen LogP contribution in [0.3, 0.4) is 0 Å². The number of hydrogen-bond donors (Lipinski definition) is 1. The molecule has 5 rings (SSSR count). The van der Waals surface area contributed by atoms with Gasteiger partial charge in [0.15, 0.2) is 11.5 Å². The molecule has 1 amide bonds. The number of methoxy groups -OCH3 is 1. The molecule has 0 spiro atoms. The molecule has 1 aliphatic rings. The maximum absolute atomic E-state index is 13.7. The minimum atomic E-state index is -0.955. The highest BCUT2D eigenvalue weighted by atomic mass is 35.5. The number of ether oxygens (including phenoxy) is 1. The van der Waals surface area contributed by atoms with E-state index in [1.807, 2.05) is 19.1 Å². The van der Waals surface area contributed by atoms with Crippen molar-refractivity contribution in [3.63, 3.8) is 0 Å². The van der Waals surface area contributed by atoms with Crippen LogP contribution in [0.25, 0.3) is 11.0 Å². The summed E-state index contributed by atoms with van der Waals surface area (Å²) in [6.07, 6.45) is 0. The lowest BCUT2D eigenvalue weighted by atomic mass is 9.94. The Morgan fingerprint density at radius 1 is 1.06 bits per heavy atom. The number of nitrogens with zero attached hydrogens (tertiary/aromatic N) is 1. The van der Waals surface area contributed by atoms with E-state index in [1.165, 1.54) is 12.0 Å². The Bertz CT molecular complexity index is 1450. The van der Waals surface area contributed by atoms with Crippen LogP contribution >= 0.6 is 11.6 Å². The summed E-state index contributed by atoms with van der Waals surface area (Å²) in [7, 11) is 1.51. The van der Waals surface area contributed by atoms with Gasteiger partial charge in [0.05, 0.1) is 18.7 Å². The number of hydrogen-bond acceptors (Lipinski definition) is 5. The number of benzene rings is 3. The number of para-hydroxylation sites is 2. The molecule has 0 aliphatic carbocycles. The van der Waals surface area contributed by atoms with Gasteiger partial charge in [-0.2, -0.15) is 0 Å². The number of fused-ring (bicyclic) bond motifs is 1. The molecular weight excluding hydrogens is 454 g/mol. The van der Waals surface area contributed by atoms with Crippen molar-refractivity contribution in [2.75, 3.05) is 12.0 Å². The van der Waals surface area contributed by atoms with E-state index in [0.717, 1.165) is 10.9 Å². The van der Waals surface area contributed by atoms with Gasteiger partial charge in [0, 0.05) is 21.7 Å². The zero-order chi connectivity index (χ0) is 24.0. The molecule has 7 heteroatoms. The molecule has 34 heavy (non-hydrogen) atoms. The number of amides is 1. The van der Waals surface area contributed by atoms with Gasteiger partial charge in [-0.1, -0.05) is 54.1 Å². The van der Waals surface area contributed by atoms with Crippen LogP contribution in [-0.4, -0.2) is 23.9 Å². The second-order valence-electron chi connectivity index (χ2n) is 7.99. The third-order valence-electron chi connectivity index (χ3n) is 5.97. The van der Waals surface area contributed by atoms with E-state index in [2.05, 4.69) is 0 Å². The summed E-state index contributed by atoms with van der Waals surface area (Å²) in [6.45, 7) is 1.85. The molecule has 0 fully saturated rings. The zero-order valence-electron chi connectivity index (χ0n) is 18.4. The molecule has 4 aromatic rings. The number of carbonyl (C=O) groups excluding carboxylic acids is 2. The van der Waals surface area contributed by atoms with E-state index in [-0.39, 0.29) is 11.3 Å². The first-order chi connectivity index (χ1) is 16.4. The first-order valence-corrected chi connectivity index (χ1v) is 11.0. The summed E-state index contributed by atoms with van der Waals surface area (Å²) in [5, 5.41) is 12.2.